The minimum Gasteiger partial charge on any atom is -0.549 e. The largest absolute Gasteiger partial charge is 1.00 e. The molecule has 0 spiro atoms. The van der Waals surface area contributed by atoms with Crippen molar-refractivity contribution in [3.05, 3.63) is 60.2 Å². The molecule has 0 unspecified atom stereocenters. The number of methoxy groups -OCH3 is 1. The topological polar surface area (TPSA) is 91.0 Å². The van der Waals surface area contributed by atoms with Crippen LogP contribution in [0, 0.1) is 11.3 Å². The number of carbonyl (C=O) groups is 1. The molecule has 0 aliphatic heterocycles. The van der Waals surface area contributed by atoms with E-state index in [1.807, 2.05) is 53.1 Å². The summed E-state index contributed by atoms with van der Waals surface area (Å²) in [7, 11) is 1.58. The number of nitrogens with zero attached hydrogens (tertiary/aromatic N) is 3. The molecule has 0 atom stereocenters. The van der Waals surface area contributed by atoms with E-state index in [-0.39, 0.29) is 29.6 Å². The Morgan fingerprint density at radius 2 is 1.87 bits per heavy atom. The van der Waals surface area contributed by atoms with Crippen molar-refractivity contribution in [2.45, 2.75) is 23.8 Å². The second kappa shape index (κ2) is 8.93. The molecule has 0 radical (unpaired) electrons. The molecule has 0 fully saturated rings. The van der Waals surface area contributed by atoms with E-state index in [1.165, 1.54) is 0 Å². The second-order valence-corrected chi connectivity index (χ2v) is 8.86. The van der Waals surface area contributed by atoms with Gasteiger partial charge in [-0.25, -0.2) is 4.98 Å². The molecule has 150 valence electrons. The van der Waals surface area contributed by atoms with Crippen LogP contribution in [0.25, 0.3) is 27.5 Å². The molecule has 0 aliphatic rings. The number of fused-ring (bicyclic) bond motifs is 2. The van der Waals surface area contributed by atoms with Crippen molar-refractivity contribution < 1.29 is 44.2 Å². The summed E-state index contributed by atoms with van der Waals surface area (Å²) in [4.78, 5) is 16.4. The Morgan fingerprint density at radius 1 is 1.16 bits per heavy atom. The van der Waals surface area contributed by atoms with Gasteiger partial charge in [0.05, 0.1) is 46.2 Å². The molecule has 6 nitrogen and oxygen atoms in total. The molecule has 4 rings (SSSR count). The number of imidazole rings is 1. The average Bonchev–Trinajstić information content (AvgIpc) is 3.08. The number of carbonyl (C=O) groups excluding carboxylic acids is 1. The average molecular weight is 439 g/mol. The molecule has 0 saturated heterocycles. The Balaban J connectivity index is 0.00000272. The van der Waals surface area contributed by atoms with Crippen LogP contribution < -0.4 is 39.4 Å². The first-order valence-electron chi connectivity index (χ1n) is 9.25. The number of ether oxygens (including phenoxy) is 1. The first-order chi connectivity index (χ1) is 14.4. The quantitative estimate of drug-likeness (QED) is 0.336. The molecule has 1 heterocycles. The van der Waals surface area contributed by atoms with Crippen LogP contribution in [-0.2, 0) is 4.79 Å². The van der Waals surface area contributed by atoms with Crippen LogP contribution in [0.5, 0.6) is 5.75 Å². The number of benzene rings is 3. The Labute approximate surface area is 206 Å². The zero-order valence-electron chi connectivity index (χ0n) is 17.7. The third kappa shape index (κ3) is 4.17. The fraction of sp³-hybridized carbons (Fsp3) is 0.174. The molecular weight excluding hydrogens is 421 g/mol. The van der Waals surface area contributed by atoms with Gasteiger partial charge in [0.15, 0.2) is 5.16 Å². The van der Waals surface area contributed by atoms with E-state index in [2.05, 4.69) is 6.07 Å². The van der Waals surface area contributed by atoms with Crippen LogP contribution in [-0.4, -0.2) is 27.4 Å². The molecule has 1 aromatic heterocycles. The van der Waals surface area contributed by atoms with Crippen molar-refractivity contribution in [2.75, 3.05) is 7.11 Å². The number of aliphatic carboxylic acids is 1. The van der Waals surface area contributed by atoms with E-state index in [9.17, 15) is 15.2 Å². The van der Waals surface area contributed by atoms with E-state index >= 15 is 0 Å². The van der Waals surface area contributed by atoms with Crippen LogP contribution in [0.4, 0.5) is 0 Å². The van der Waals surface area contributed by atoms with Crippen molar-refractivity contribution >= 4 is 39.5 Å². The zero-order chi connectivity index (χ0) is 21.5. The predicted molar refractivity (Wildman–Crippen MR) is 115 cm³/mol. The number of rotatable bonds is 5. The molecule has 0 bridgehead atoms. The predicted octanol–water partition coefficient (Wildman–Crippen LogP) is 0.684. The molecule has 8 heteroatoms. The van der Waals surface area contributed by atoms with Gasteiger partial charge in [-0.3, -0.25) is 4.57 Å². The monoisotopic (exact) mass is 439 g/mol. The van der Waals surface area contributed by atoms with Gasteiger partial charge in [-0.05, 0) is 38.1 Å². The number of carboxylic acid groups (broad SMARTS) is 1. The molecule has 0 aliphatic carbocycles. The first kappa shape index (κ1) is 23.2. The van der Waals surface area contributed by atoms with Crippen LogP contribution >= 0.6 is 11.8 Å². The minimum atomic E-state index is -1.19. The molecular formula is C23H18N3NaO3S. The Kier molecular flexibility index (Phi) is 6.68. The van der Waals surface area contributed by atoms with Crippen LogP contribution in [0.2, 0.25) is 0 Å². The number of nitriles is 1. The number of hydrogen-bond donors (Lipinski definition) is 0. The van der Waals surface area contributed by atoms with E-state index < -0.39 is 10.7 Å². The summed E-state index contributed by atoms with van der Waals surface area (Å²) in [6.45, 7) is 3.18. The van der Waals surface area contributed by atoms with Gasteiger partial charge in [-0.1, -0.05) is 36.0 Å². The van der Waals surface area contributed by atoms with E-state index in [0.29, 0.717) is 22.0 Å². The Morgan fingerprint density at radius 3 is 2.52 bits per heavy atom. The Hall–Kier alpha value is -2.50. The fourth-order valence-corrected chi connectivity index (χ4v) is 4.28. The van der Waals surface area contributed by atoms with Crippen molar-refractivity contribution in [1.82, 2.24) is 9.55 Å². The summed E-state index contributed by atoms with van der Waals surface area (Å²) in [6, 6.07) is 19.0. The van der Waals surface area contributed by atoms with E-state index in [0.717, 1.165) is 33.7 Å². The third-order valence-electron chi connectivity index (χ3n) is 4.93. The normalized spacial score (nSPS) is 11.2. The van der Waals surface area contributed by atoms with Crippen LogP contribution in [0.1, 0.15) is 19.4 Å². The number of hydrogen-bond acceptors (Lipinski definition) is 6. The maximum atomic E-state index is 11.7. The molecule has 0 N–H and O–H groups in total. The smallest absolute Gasteiger partial charge is 0.549 e. The molecule has 0 saturated carbocycles. The Bertz CT molecular complexity index is 1340. The van der Waals surface area contributed by atoms with Gasteiger partial charge < -0.3 is 14.6 Å². The summed E-state index contributed by atoms with van der Waals surface area (Å²) >= 11 is 1.12. The van der Waals surface area contributed by atoms with Crippen molar-refractivity contribution in [3.63, 3.8) is 0 Å². The molecule has 31 heavy (non-hydrogen) atoms. The molecule has 4 aromatic rings. The summed E-state index contributed by atoms with van der Waals surface area (Å²) in [6.07, 6.45) is 0. The summed E-state index contributed by atoms with van der Waals surface area (Å²) in [5, 5.41) is 23.4. The summed E-state index contributed by atoms with van der Waals surface area (Å²) in [5.41, 5.74) is 2.88. The van der Waals surface area contributed by atoms with Gasteiger partial charge in [0.1, 0.15) is 5.75 Å². The standard InChI is InChI=1S/C23H19N3O3S.Na/c1-23(2,21(27)28)30-22-25-18-12-15(29-3)9-11-20(18)26(22)19-10-8-14(13-24)16-6-4-5-7-17(16)19;/h4-12H,1-3H3,(H,27,28);/q;+1/p-1. The maximum Gasteiger partial charge on any atom is 1.00 e. The second-order valence-electron chi connectivity index (χ2n) is 7.27. The number of carboxylic acids is 1. The number of aromatic nitrogens is 2. The van der Waals surface area contributed by atoms with Gasteiger partial charge in [0.2, 0.25) is 0 Å². The summed E-state index contributed by atoms with van der Waals surface area (Å²) < 4.78 is 6.06. The van der Waals surface area contributed by atoms with E-state index in [4.69, 9.17) is 9.72 Å². The van der Waals surface area contributed by atoms with Gasteiger partial charge in [0, 0.05) is 16.8 Å². The SMILES string of the molecule is COc1ccc2c(c1)nc(SC(C)(C)C(=O)[O-])n2-c1ccc(C#N)c2ccccc12.[Na+]. The van der Waals surface area contributed by atoms with Gasteiger partial charge in [-0.2, -0.15) is 5.26 Å². The zero-order valence-corrected chi connectivity index (χ0v) is 20.5. The van der Waals surface area contributed by atoms with Crippen molar-refractivity contribution in [3.8, 4) is 17.5 Å². The molecule has 3 aromatic carbocycles. The fourth-order valence-electron chi connectivity index (χ4n) is 3.31. The maximum absolute atomic E-state index is 11.7. The van der Waals surface area contributed by atoms with Crippen LogP contribution in [0.15, 0.2) is 59.8 Å². The molecule has 0 amide bonds. The van der Waals surface area contributed by atoms with Crippen LogP contribution in [0.3, 0.4) is 0 Å². The van der Waals surface area contributed by atoms with Gasteiger partial charge in [-0.15, -0.1) is 0 Å². The number of thioether (sulfide) groups is 1. The summed E-state index contributed by atoms with van der Waals surface area (Å²) in [5.74, 6) is -0.513. The van der Waals surface area contributed by atoms with Gasteiger partial charge in [0.25, 0.3) is 0 Å². The minimum absolute atomic E-state index is 0. The third-order valence-corrected chi connectivity index (χ3v) is 6.06. The van der Waals surface area contributed by atoms with Crippen molar-refractivity contribution in [2.24, 2.45) is 0 Å². The van der Waals surface area contributed by atoms with Gasteiger partial charge >= 0.3 is 29.6 Å². The van der Waals surface area contributed by atoms with E-state index in [1.54, 1.807) is 27.0 Å². The van der Waals surface area contributed by atoms with Crippen molar-refractivity contribution in [1.29, 1.82) is 5.26 Å². The first-order valence-corrected chi connectivity index (χ1v) is 10.1.